The maximum absolute atomic E-state index is 10.7. The van der Waals surface area contributed by atoms with Crippen molar-refractivity contribution < 1.29 is 9.90 Å². The van der Waals surface area contributed by atoms with E-state index in [2.05, 4.69) is 61.7 Å². The smallest absolute Gasteiger partial charge is 0.159 e. The fourth-order valence-electron chi connectivity index (χ4n) is 3.82. The number of phenols is 1. The number of phenolic OH excluding ortho intramolecular Hbond substituents is 1. The van der Waals surface area contributed by atoms with Crippen LogP contribution in [0.5, 0.6) is 5.75 Å². The molecule has 2 nitrogen and oxygen atoms in total. The van der Waals surface area contributed by atoms with Crippen molar-refractivity contribution in [1.82, 2.24) is 0 Å². The van der Waals surface area contributed by atoms with Crippen molar-refractivity contribution in [2.45, 2.75) is 6.92 Å². The zero-order valence-electron chi connectivity index (χ0n) is 16.9. The van der Waals surface area contributed by atoms with Crippen molar-refractivity contribution in [3.63, 3.8) is 0 Å². The number of aromatic hydroxyl groups is 1. The molecule has 30 heavy (non-hydrogen) atoms. The molecular weight excluding hydrogens is 368 g/mol. The lowest BCUT2D eigenvalue weighted by Gasteiger charge is -2.12. The van der Waals surface area contributed by atoms with Gasteiger partial charge in [0, 0.05) is 5.56 Å². The van der Waals surface area contributed by atoms with Crippen LogP contribution in [0.2, 0.25) is 0 Å². The molecule has 1 N–H and O–H groups in total. The van der Waals surface area contributed by atoms with Crippen LogP contribution in [0, 0.1) is 0 Å². The molecule has 0 aliphatic carbocycles. The van der Waals surface area contributed by atoms with E-state index in [-0.39, 0.29) is 11.5 Å². The summed E-state index contributed by atoms with van der Waals surface area (Å²) in [4.78, 5) is 10.7. The molecule has 2 heteroatoms. The molecule has 0 aliphatic rings. The highest BCUT2D eigenvalue weighted by Gasteiger charge is 2.09. The Hall–Kier alpha value is -3.91. The van der Waals surface area contributed by atoms with Crippen molar-refractivity contribution in [3.05, 3.63) is 103 Å². The summed E-state index contributed by atoms with van der Waals surface area (Å²) in [5.41, 5.74) is 2.96. The van der Waals surface area contributed by atoms with Gasteiger partial charge in [0.15, 0.2) is 5.78 Å². The molecule has 0 atom stereocenters. The highest BCUT2D eigenvalue weighted by molar-refractivity contribution is 6.23. The molecule has 0 saturated heterocycles. The van der Waals surface area contributed by atoms with E-state index < -0.39 is 0 Å². The third-order valence-electron chi connectivity index (χ3n) is 5.32. The second kappa shape index (κ2) is 7.84. The van der Waals surface area contributed by atoms with Gasteiger partial charge >= 0.3 is 0 Å². The monoisotopic (exact) mass is 390 g/mol. The minimum atomic E-state index is 0.0139. The second-order valence-corrected chi connectivity index (χ2v) is 7.33. The Balaban J connectivity index is 0.000000185. The number of hydrogen-bond donors (Lipinski definition) is 1. The Morgan fingerprint density at radius 1 is 0.700 bits per heavy atom. The number of ketones is 1. The lowest BCUT2D eigenvalue weighted by molar-refractivity contribution is 0.101. The standard InChI is InChI=1S/C20H14.C8H8O2/c1-3-13-9-15-5-7-17-11-14(4-2)12-18-8-6-16(10-13)19(15)20(17)18;1-6(9)7-2-4-8(10)5-3-7/h3-12H,1-2H2;2-5,10H,1H3. The van der Waals surface area contributed by atoms with Gasteiger partial charge in [0.05, 0.1) is 0 Å². The minimum absolute atomic E-state index is 0.0139. The van der Waals surface area contributed by atoms with Gasteiger partial charge in [0.1, 0.15) is 5.75 Å². The van der Waals surface area contributed by atoms with Gasteiger partial charge in [0.25, 0.3) is 0 Å². The Labute approximate surface area is 175 Å². The zero-order chi connectivity index (χ0) is 21.3. The molecule has 0 radical (unpaired) electrons. The fourth-order valence-corrected chi connectivity index (χ4v) is 3.82. The van der Waals surface area contributed by atoms with Gasteiger partial charge < -0.3 is 5.11 Å². The molecule has 0 amide bonds. The Kier molecular flexibility index (Phi) is 5.07. The molecule has 0 spiro atoms. The van der Waals surface area contributed by atoms with Crippen LogP contribution in [0.1, 0.15) is 28.4 Å². The van der Waals surface area contributed by atoms with Gasteiger partial charge in [-0.05, 0) is 98.9 Å². The number of carbonyl (C=O) groups is 1. The summed E-state index contributed by atoms with van der Waals surface area (Å²) >= 11 is 0. The first-order valence-electron chi connectivity index (χ1n) is 9.77. The predicted octanol–water partition coefficient (Wildman–Crippen LogP) is 7.46. The van der Waals surface area contributed by atoms with Crippen LogP contribution in [0.4, 0.5) is 0 Å². The van der Waals surface area contributed by atoms with E-state index in [1.807, 2.05) is 12.2 Å². The third-order valence-corrected chi connectivity index (χ3v) is 5.32. The first-order chi connectivity index (χ1) is 14.5. The summed E-state index contributed by atoms with van der Waals surface area (Å²) in [6.45, 7) is 9.25. The largest absolute Gasteiger partial charge is 0.508 e. The molecule has 0 saturated carbocycles. The Bertz CT molecular complexity index is 1240. The molecule has 0 unspecified atom stereocenters. The number of benzene rings is 5. The predicted molar refractivity (Wildman–Crippen MR) is 128 cm³/mol. The molecule has 0 heterocycles. The topological polar surface area (TPSA) is 37.3 Å². The molecule has 0 aromatic heterocycles. The van der Waals surface area contributed by atoms with E-state index in [1.54, 1.807) is 12.1 Å². The molecule has 0 bridgehead atoms. The van der Waals surface area contributed by atoms with Crippen LogP contribution in [-0.4, -0.2) is 10.9 Å². The normalized spacial score (nSPS) is 10.7. The highest BCUT2D eigenvalue weighted by atomic mass is 16.3. The van der Waals surface area contributed by atoms with E-state index in [9.17, 15) is 4.79 Å². The van der Waals surface area contributed by atoms with Crippen molar-refractivity contribution in [1.29, 1.82) is 0 Å². The van der Waals surface area contributed by atoms with E-state index in [0.717, 1.165) is 0 Å². The highest BCUT2D eigenvalue weighted by Crippen LogP contribution is 2.36. The summed E-state index contributed by atoms with van der Waals surface area (Å²) in [6, 6.07) is 23.8. The lowest BCUT2D eigenvalue weighted by atomic mass is 9.91. The van der Waals surface area contributed by atoms with Gasteiger partial charge in [-0.25, -0.2) is 0 Å². The number of Topliss-reactive ketones (excluding diaryl/α,β-unsaturated/α-hetero) is 1. The maximum Gasteiger partial charge on any atom is 0.159 e. The third kappa shape index (κ3) is 3.56. The lowest BCUT2D eigenvalue weighted by Crippen LogP contribution is -1.89. The number of carbonyl (C=O) groups excluding carboxylic acids is 1. The van der Waals surface area contributed by atoms with E-state index >= 15 is 0 Å². The number of hydrogen-bond acceptors (Lipinski definition) is 2. The number of rotatable bonds is 3. The quantitative estimate of drug-likeness (QED) is 0.256. The summed E-state index contributed by atoms with van der Waals surface area (Å²) < 4.78 is 0. The van der Waals surface area contributed by atoms with Gasteiger partial charge in [-0.2, -0.15) is 0 Å². The maximum atomic E-state index is 10.7. The van der Waals surface area contributed by atoms with Crippen molar-refractivity contribution in [3.8, 4) is 5.75 Å². The summed E-state index contributed by atoms with van der Waals surface area (Å²) in [7, 11) is 0. The van der Waals surface area contributed by atoms with Crippen LogP contribution in [0.25, 0.3) is 44.5 Å². The van der Waals surface area contributed by atoms with E-state index in [4.69, 9.17) is 5.11 Å². The average molecular weight is 390 g/mol. The first-order valence-corrected chi connectivity index (χ1v) is 9.77. The summed E-state index contributed by atoms with van der Waals surface area (Å²) in [5, 5.41) is 16.6. The Morgan fingerprint density at radius 3 is 1.37 bits per heavy atom. The van der Waals surface area contributed by atoms with Gasteiger partial charge in [0.2, 0.25) is 0 Å². The molecule has 5 aromatic rings. The SMILES string of the molecule is C=Cc1cc2ccc3cc(C=C)cc4ccc(c1)c2c34.CC(=O)c1ccc(O)cc1. The summed E-state index contributed by atoms with van der Waals surface area (Å²) in [6.07, 6.45) is 3.81. The van der Waals surface area contributed by atoms with E-state index in [1.165, 1.54) is 62.5 Å². The fraction of sp³-hybridized carbons (Fsp3) is 0.0357. The molecule has 5 aromatic carbocycles. The zero-order valence-corrected chi connectivity index (χ0v) is 16.9. The van der Waals surface area contributed by atoms with Gasteiger partial charge in [-0.15, -0.1) is 0 Å². The second-order valence-electron chi connectivity index (χ2n) is 7.33. The van der Waals surface area contributed by atoms with Crippen LogP contribution >= 0.6 is 0 Å². The Morgan fingerprint density at radius 2 is 1.07 bits per heavy atom. The van der Waals surface area contributed by atoms with Crippen molar-refractivity contribution in [2.24, 2.45) is 0 Å². The van der Waals surface area contributed by atoms with Crippen molar-refractivity contribution >= 4 is 50.3 Å². The molecule has 0 fully saturated rings. The minimum Gasteiger partial charge on any atom is -0.508 e. The molecule has 146 valence electrons. The van der Waals surface area contributed by atoms with Gasteiger partial charge in [-0.3, -0.25) is 4.79 Å². The van der Waals surface area contributed by atoms with Crippen LogP contribution in [0.3, 0.4) is 0 Å². The first kappa shape index (κ1) is 19.4. The molecule has 0 aliphatic heterocycles. The summed E-state index contributed by atoms with van der Waals surface area (Å²) in [5.74, 6) is 0.199. The van der Waals surface area contributed by atoms with Crippen molar-refractivity contribution in [2.75, 3.05) is 0 Å². The van der Waals surface area contributed by atoms with E-state index in [0.29, 0.717) is 5.56 Å². The van der Waals surface area contributed by atoms with Crippen LogP contribution in [-0.2, 0) is 0 Å². The van der Waals surface area contributed by atoms with Gasteiger partial charge in [-0.1, -0.05) is 49.6 Å². The van der Waals surface area contributed by atoms with Crippen LogP contribution in [0.15, 0.2) is 86.0 Å². The average Bonchev–Trinajstić information content (AvgIpc) is 2.77. The molecular formula is C28H22O2. The van der Waals surface area contributed by atoms with Crippen LogP contribution < -0.4 is 0 Å². The molecule has 5 rings (SSSR count).